The van der Waals surface area contributed by atoms with Gasteiger partial charge in [-0.2, -0.15) is 0 Å². The lowest BCUT2D eigenvalue weighted by molar-refractivity contribution is -0.153. The van der Waals surface area contributed by atoms with Gasteiger partial charge in [0.25, 0.3) is 0 Å². The Bertz CT molecular complexity index is 369. The van der Waals surface area contributed by atoms with Crippen molar-refractivity contribution in [3.63, 3.8) is 0 Å². The molecule has 0 bridgehead atoms. The Balaban J connectivity index is 4.48. The van der Waals surface area contributed by atoms with Gasteiger partial charge >= 0.3 is 11.9 Å². The summed E-state index contributed by atoms with van der Waals surface area (Å²) >= 11 is 0. The maximum atomic E-state index is 11.7. The Kier molecular flexibility index (Phi) is 13.5. The fraction of sp³-hybridized carbons (Fsp3) is 0.900. The third-order valence-electron chi connectivity index (χ3n) is 5.23. The van der Waals surface area contributed by atoms with Gasteiger partial charge in [-0.1, -0.05) is 71.6 Å². The molecular weight excluding hydrogens is 320 g/mol. The number of unbranched alkanes of at least 4 members (excludes halogenated alkanes) is 6. The maximum Gasteiger partial charge on any atom is 0.311 e. The molecule has 0 aromatic heterocycles. The zero-order valence-electron chi connectivity index (χ0n) is 16.1. The van der Waals surface area contributed by atoms with Crippen LogP contribution in [0.1, 0.15) is 97.3 Å². The van der Waals surface area contributed by atoms with Gasteiger partial charge in [0.15, 0.2) is 0 Å². The summed E-state index contributed by atoms with van der Waals surface area (Å²) in [5.74, 6) is -2.15. The van der Waals surface area contributed by atoms with Crippen LogP contribution in [0.5, 0.6) is 0 Å². The highest BCUT2D eigenvalue weighted by Gasteiger charge is 2.37. The molecule has 148 valence electrons. The van der Waals surface area contributed by atoms with Crippen LogP contribution in [0.15, 0.2) is 0 Å². The molecular formula is C20H38O5. The van der Waals surface area contributed by atoms with Crippen LogP contribution in [0.3, 0.4) is 0 Å². The number of carboxylic acids is 2. The number of aliphatic hydroxyl groups excluding tert-OH is 1. The van der Waals surface area contributed by atoms with Crippen molar-refractivity contribution in [2.45, 2.75) is 97.3 Å². The van der Waals surface area contributed by atoms with Gasteiger partial charge in [0.2, 0.25) is 0 Å². The van der Waals surface area contributed by atoms with E-state index in [4.69, 9.17) is 0 Å². The predicted octanol–water partition coefficient (Wildman–Crippen LogP) is 4.86. The summed E-state index contributed by atoms with van der Waals surface area (Å²) in [4.78, 5) is 23.1. The molecule has 0 aliphatic heterocycles. The second-order valence-electron chi connectivity index (χ2n) is 7.33. The first-order valence-corrected chi connectivity index (χ1v) is 10.0. The van der Waals surface area contributed by atoms with Crippen molar-refractivity contribution in [1.29, 1.82) is 0 Å². The van der Waals surface area contributed by atoms with Crippen molar-refractivity contribution >= 4 is 11.9 Å². The molecule has 0 aliphatic carbocycles. The monoisotopic (exact) mass is 358 g/mol. The zero-order chi connectivity index (χ0) is 19.1. The molecule has 0 saturated carbocycles. The number of carbonyl (C=O) groups is 2. The first kappa shape index (κ1) is 23.9. The number of carboxylic acid groups (broad SMARTS) is 2. The number of aliphatic carboxylic acids is 2. The fourth-order valence-electron chi connectivity index (χ4n) is 3.35. The van der Waals surface area contributed by atoms with E-state index in [-0.39, 0.29) is 6.61 Å². The average Bonchev–Trinajstić information content (AvgIpc) is 2.58. The van der Waals surface area contributed by atoms with E-state index >= 15 is 0 Å². The number of hydrogen-bond donors (Lipinski definition) is 3. The van der Waals surface area contributed by atoms with Gasteiger partial charge in [-0.25, -0.2) is 0 Å². The number of hydrogen-bond acceptors (Lipinski definition) is 3. The summed E-state index contributed by atoms with van der Waals surface area (Å²) in [7, 11) is 0. The van der Waals surface area contributed by atoms with Gasteiger partial charge in [0.05, 0.1) is 17.9 Å². The van der Waals surface area contributed by atoms with E-state index in [0.717, 1.165) is 51.4 Å². The summed E-state index contributed by atoms with van der Waals surface area (Å²) in [5, 5.41) is 28.6. The highest BCUT2D eigenvalue weighted by Crippen LogP contribution is 2.33. The molecule has 0 rings (SSSR count). The first-order valence-electron chi connectivity index (χ1n) is 10.0. The van der Waals surface area contributed by atoms with E-state index < -0.39 is 23.3 Å². The van der Waals surface area contributed by atoms with Crippen molar-refractivity contribution < 1.29 is 24.9 Å². The van der Waals surface area contributed by atoms with E-state index in [2.05, 4.69) is 13.8 Å². The lowest BCUT2D eigenvalue weighted by atomic mass is 9.78. The minimum atomic E-state index is -1.11. The molecule has 5 heteroatoms. The first-order chi connectivity index (χ1) is 11.9. The lowest BCUT2D eigenvalue weighted by Crippen LogP contribution is -2.35. The third kappa shape index (κ3) is 9.83. The summed E-state index contributed by atoms with van der Waals surface area (Å²) < 4.78 is 0. The standard InChI is InChI=1S/C20H38O5/c1-3-5-7-9-12-17(18(22)23)13-11-15-20(16-21,19(24)25)14-10-8-6-4-2/h17,21H,3-16H2,1-2H3,(H,22,23)(H,24,25). The van der Waals surface area contributed by atoms with E-state index in [1.807, 2.05) is 0 Å². The molecule has 3 N–H and O–H groups in total. The summed E-state index contributed by atoms with van der Waals surface area (Å²) in [6.45, 7) is 3.85. The lowest BCUT2D eigenvalue weighted by Gasteiger charge is -2.28. The Morgan fingerprint density at radius 2 is 1.32 bits per heavy atom. The highest BCUT2D eigenvalue weighted by atomic mass is 16.4. The van der Waals surface area contributed by atoms with Crippen molar-refractivity contribution in [3.8, 4) is 0 Å². The van der Waals surface area contributed by atoms with Crippen molar-refractivity contribution in [1.82, 2.24) is 0 Å². The minimum Gasteiger partial charge on any atom is -0.481 e. The molecule has 0 aromatic carbocycles. The van der Waals surface area contributed by atoms with Gasteiger partial charge in [0.1, 0.15) is 0 Å². The summed E-state index contributed by atoms with van der Waals surface area (Å²) in [5.41, 5.74) is -1.11. The number of aliphatic hydroxyl groups is 1. The van der Waals surface area contributed by atoms with Crippen LogP contribution in [0, 0.1) is 11.3 Å². The molecule has 25 heavy (non-hydrogen) atoms. The molecule has 0 aliphatic rings. The molecule has 0 saturated heterocycles. The largest absolute Gasteiger partial charge is 0.481 e. The van der Waals surface area contributed by atoms with Gasteiger partial charge < -0.3 is 15.3 Å². The summed E-state index contributed by atoms with van der Waals surface area (Å²) in [6.07, 6.45) is 10.6. The van der Waals surface area contributed by atoms with Gasteiger partial charge in [0, 0.05) is 0 Å². The molecule has 0 fully saturated rings. The summed E-state index contributed by atoms with van der Waals surface area (Å²) in [6, 6.07) is 0. The van der Waals surface area contributed by atoms with Crippen molar-refractivity contribution in [2.75, 3.05) is 6.61 Å². The van der Waals surface area contributed by atoms with Gasteiger partial charge in [-0.15, -0.1) is 0 Å². The van der Waals surface area contributed by atoms with Crippen molar-refractivity contribution in [2.24, 2.45) is 11.3 Å². The second kappa shape index (κ2) is 14.1. The third-order valence-corrected chi connectivity index (χ3v) is 5.23. The van der Waals surface area contributed by atoms with Gasteiger partial charge in [-0.3, -0.25) is 9.59 Å². The van der Waals surface area contributed by atoms with E-state index in [0.29, 0.717) is 32.1 Å². The normalized spacial score (nSPS) is 14.8. The van der Waals surface area contributed by atoms with E-state index in [1.54, 1.807) is 0 Å². The molecule has 0 spiro atoms. The topological polar surface area (TPSA) is 94.8 Å². The SMILES string of the molecule is CCCCCCC(CCCC(CO)(CCCCCC)C(=O)O)C(=O)O. The van der Waals surface area contributed by atoms with Crippen molar-refractivity contribution in [3.05, 3.63) is 0 Å². The Morgan fingerprint density at radius 3 is 1.80 bits per heavy atom. The van der Waals surface area contributed by atoms with Crippen LogP contribution in [0.25, 0.3) is 0 Å². The molecule has 0 heterocycles. The second-order valence-corrected chi connectivity index (χ2v) is 7.33. The Morgan fingerprint density at radius 1 is 0.800 bits per heavy atom. The van der Waals surface area contributed by atoms with Crippen LogP contribution < -0.4 is 0 Å². The molecule has 5 nitrogen and oxygen atoms in total. The molecule has 0 radical (unpaired) electrons. The van der Waals surface area contributed by atoms with Crippen LogP contribution in [0.2, 0.25) is 0 Å². The molecule has 0 amide bonds. The maximum absolute atomic E-state index is 11.7. The van der Waals surface area contributed by atoms with Crippen LogP contribution in [-0.2, 0) is 9.59 Å². The zero-order valence-corrected chi connectivity index (χ0v) is 16.1. The van der Waals surface area contributed by atoms with Crippen LogP contribution in [-0.4, -0.2) is 33.9 Å². The number of rotatable bonds is 17. The smallest absolute Gasteiger partial charge is 0.311 e. The highest BCUT2D eigenvalue weighted by molar-refractivity contribution is 5.74. The Hall–Kier alpha value is -1.10. The van der Waals surface area contributed by atoms with Crippen LogP contribution >= 0.6 is 0 Å². The molecule has 2 atom stereocenters. The predicted molar refractivity (Wildman–Crippen MR) is 99.6 cm³/mol. The van der Waals surface area contributed by atoms with Crippen LogP contribution in [0.4, 0.5) is 0 Å². The quantitative estimate of drug-likeness (QED) is 0.323. The minimum absolute atomic E-state index is 0.351. The van der Waals surface area contributed by atoms with E-state index in [1.165, 1.54) is 0 Å². The van der Waals surface area contributed by atoms with E-state index in [9.17, 15) is 24.9 Å². The molecule has 2 unspecified atom stereocenters. The average molecular weight is 359 g/mol. The molecule has 0 aromatic rings. The fourth-order valence-corrected chi connectivity index (χ4v) is 3.35. The Labute approximate surface area is 152 Å². The van der Waals surface area contributed by atoms with Gasteiger partial charge in [-0.05, 0) is 25.7 Å².